The van der Waals surface area contributed by atoms with E-state index in [0.717, 1.165) is 5.69 Å². The molecule has 1 amide bonds. The first kappa shape index (κ1) is 14.2. The van der Waals surface area contributed by atoms with Crippen LogP contribution in [0.2, 0.25) is 0 Å². The Labute approximate surface area is 106 Å². The van der Waals surface area contributed by atoms with Gasteiger partial charge in [-0.2, -0.15) is 0 Å². The van der Waals surface area contributed by atoms with Gasteiger partial charge in [0.1, 0.15) is 0 Å². The van der Waals surface area contributed by atoms with E-state index in [1.54, 1.807) is 19.2 Å². The average molecular weight is 250 g/mol. The number of pyridine rings is 1. The highest BCUT2D eigenvalue weighted by atomic mass is 16.4. The highest BCUT2D eigenvalue weighted by Gasteiger charge is 2.26. The highest BCUT2D eigenvalue weighted by molar-refractivity contribution is 5.84. The molecular formula is C13H18N2O3. The summed E-state index contributed by atoms with van der Waals surface area (Å²) in [6, 6.07) is 5.22. The van der Waals surface area contributed by atoms with E-state index in [0.29, 0.717) is 0 Å². The molecule has 1 aromatic heterocycles. The molecule has 5 heteroatoms. The molecule has 0 spiro atoms. The van der Waals surface area contributed by atoms with Crippen LogP contribution < -0.4 is 5.32 Å². The molecule has 0 bridgehead atoms. The molecule has 0 aliphatic heterocycles. The number of nitrogens with zero attached hydrogens (tertiary/aromatic N) is 1. The predicted octanol–water partition coefficient (Wildman–Crippen LogP) is 1.62. The zero-order chi connectivity index (χ0) is 13.7. The summed E-state index contributed by atoms with van der Waals surface area (Å²) in [6.45, 7) is 4.95. The normalized spacial score (nSPS) is 15.5. The maximum absolute atomic E-state index is 11.9. The number of carbonyl (C=O) groups excluding carboxylic acids is 1. The minimum absolute atomic E-state index is 0.234. The lowest BCUT2D eigenvalue weighted by Gasteiger charge is -2.19. The third-order valence-electron chi connectivity index (χ3n) is 3.04. The fraction of sp³-hybridized carbons (Fsp3) is 0.462. The monoisotopic (exact) mass is 250 g/mol. The molecule has 0 radical (unpaired) electrons. The second-order valence-corrected chi connectivity index (χ2v) is 4.40. The van der Waals surface area contributed by atoms with Gasteiger partial charge in [-0.25, -0.2) is 0 Å². The smallest absolute Gasteiger partial charge is 0.307 e. The second-order valence-electron chi connectivity index (χ2n) is 4.40. The fourth-order valence-electron chi connectivity index (χ4n) is 1.49. The van der Waals surface area contributed by atoms with Crippen molar-refractivity contribution in [1.82, 2.24) is 10.3 Å². The van der Waals surface area contributed by atoms with Crippen LogP contribution in [-0.4, -0.2) is 22.0 Å². The molecule has 0 saturated carbocycles. The molecule has 0 saturated heterocycles. The molecule has 1 aromatic rings. The van der Waals surface area contributed by atoms with Crippen molar-refractivity contribution in [1.29, 1.82) is 0 Å². The molecule has 1 heterocycles. The van der Waals surface area contributed by atoms with Gasteiger partial charge in [0.25, 0.3) is 0 Å². The Bertz CT molecular complexity index is 420. The van der Waals surface area contributed by atoms with E-state index in [-0.39, 0.29) is 11.9 Å². The van der Waals surface area contributed by atoms with E-state index in [1.165, 1.54) is 6.92 Å². The number of rotatable bonds is 5. The molecule has 2 N–H and O–H groups in total. The van der Waals surface area contributed by atoms with Crippen LogP contribution in [0.15, 0.2) is 24.4 Å². The third kappa shape index (κ3) is 3.55. The number of aliphatic carboxylic acids is 1. The lowest BCUT2D eigenvalue weighted by Crippen LogP contribution is -2.36. The number of nitrogens with one attached hydrogen (secondary N) is 1. The van der Waals surface area contributed by atoms with Gasteiger partial charge in [-0.1, -0.05) is 19.9 Å². The standard InChI is InChI=1S/C13H18N2O3/c1-8(9(2)13(17)18)12(16)15-10(3)11-6-4-5-7-14-11/h4-10H,1-3H3,(H,15,16)(H,17,18). The van der Waals surface area contributed by atoms with Gasteiger partial charge >= 0.3 is 5.97 Å². The number of hydrogen-bond donors (Lipinski definition) is 2. The summed E-state index contributed by atoms with van der Waals surface area (Å²) >= 11 is 0. The number of hydrogen-bond acceptors (Lipinski definition) is 3. The lowest BCUT2D eigenvalue weighted by molar-refractivity contribution is -0.146. The lowest BCUT2D eigenvalue weighted by atomic mass is 9.95. The topological polar surface area (TPSA) is 79.3 Å². The van der Waals surface area contributed by atoms with Crippen LogP contribution in [0.25, 0.3) is 0 Å². The maximum atomic E-state index is 11.9. The molecule has 5 nitrogen and oxygen atoms in total. The summed E-state index contributed by atoms with van der Waals surface area (Å²) in [7, 11) is 0. The van der Waals surface area contributed by atoms with Crippen molar-refractivity contribution in [2.45, 2.75) is 26.8 Å². The first-order valence-electron chi connectivity index (χ1n) is 5.87. The number of carboxylic acid groups (broad SMARTS) is 1. The Morgan fingerprint density at radius 3 is 2.39 bits per heavy atom. The SMILES string of the molecule is CC(NC(=O)C(C)C(C)C(=O)O)c1ccccn1. The summed E-state index contributed by atoms with van der Waals surface area (Å²) in [5, 5.41) is 11.6. The van der Waals surface area contributed by atoms with Gasteiger partial charge < -0.3 is 10.4 Å². The van der Waals surface area contributed by atoms with Crippen molar-refractivity contribution >= 4 is 11.9 Å². The van der Waals surface area contributed by atoms with Gasteiger partial charge in [0, 0.05) is 12.1 Å². The van der Waals surface area contributed by atoms with E-state index in [1.807, 2.05) is 19.1 Å². The first-order chi connectivity index (χ1) is 8.43. The van der Waals surface area contributed by atoms with Crippen LogP contribution in [0.3, 0.4) is 0 Å². The van der Waals surface area contributed by atoms with Crippen LogP contribution in [-0.2, 0) is 9.59 Å². The summed E-state index contributed by atoms with van der Waals surface area (Å²) in [5.74, 6) is -2.53. The molecule has 18 heavy (non-hydrogen) atoms. The van der Waals surface area contributed by atoms with Crippen LogP contribution >= 0.6 is 0 Å². The van der Waals surface area contributed by atoms with Crippen molar-refractivity contribution in [3.8, 4) is 0 Å². The van der Waals surface area contributed by atoms with Gasteiger partial charge in [-0.05, 0) is 19.1 Å². The molecular weight excluding hydrogens is 232 g/mol. The second kappa shape index (κ2) is 6.14. The third-order valence-corrected chi connectivity index (χ3v) is 3.04. The summed E-state index contributed by atoms with van der Waals surface area (Å²) in [5.41, 5.74) is 0.751. The first-order valence-corrected chi connectivity index (χ1v) is 5.87. The molecule has 1 rings (SSSR count). The molecule has 3 atom stereocenters. The molecule has 0 aromatic carbocycles. The summed E-state index contributed by atoms with van der Waals surface area (Å²) in [4.78, 5) is 26.8. The van der Waals surface area contributed by atoms with Gasteiger partial charge in [0.2, 0.25) is 5.91 Å². The zero-order valence-electron chi connectivity index (χ0n) is 10.8. The van der Waals surface area contributed by atoms with Crippen molar-refractivity contribution in [3.63, 3.8) is 0 Å². The Balaban J connectivity index is 2.62. The van der Waals surface area contributed by atoms with Gasteiger partial charge in [-0.3, -0.25) is 14.6 Å². The van der Waals surface area contributed by atoms with Crippen LogP contribution in [0, 0.1) is 11.8 Å². The molecule has 0 aliphatic rings. The molecule has 98 valence electrons. The quantitative estimate of drug-likeness (QED) is 0.832. The summed E-state index contributed by atoms with van der Waals surface area (Å²) in [6.07, 6.45) is 1.65. The highest BCUT2D eigenvalue weighted by Crippen LogP contribution is 2.14. The van der Waals surface area contributed by atoms with Crippen molar-refractivity contribution in [3.05, 3.63) is 30.1 Å². The number of aromatic nitrogens is 1. The van der Waals surface area contributed by atoms with Crippen LogP contribution in [0.5, 0.6) is 0 Å². The van der Waals surface area contributed by atoms with Crippen LogP contribution in [0.4, 0.5) is 0 Å². The van der Waals surface area contributed by atoms with Gasteiger partial charge in [0.15, 0.2) is 0 Å². The molecule has 0 aliphatic carbocycles. The number of amides is 1. The Morgan fingerprint density at radius 1 is 1.22 bits per heavy atom. The van der Waals surface area contributed by atoms with E-state index < -0.39 is 17.8 Å². The Hall–Kier alpha value is -1.91. The van der Waals surface area contributed by atoms with Crippen molar-refractivity contribution in [2.24, 2.45) is 11.8 Å². The Kier molecular flexibility index (Phi) is 4.83. The molecule has 0 fully saturated rings. The van der Waals surface area contributed by atoms with Crippen LogP contribution in [0.1, 0.15) is 32.5 Å². The maximum Gasteiger partial charge on any atom is 0.307 e. The van der Waals surface area contributed by atoms with E-state index >= 15 is 0 Å². The van der Waals surface area contributed by atoms with Crippen molar-refractivity contribution in [2.75, 3.05) is 0 Å². The van der Waals surface area contributed by atoms with E-state index in [4.69, 9.17) is 5.11 Å². The largest absolute Gasteiger partial charge is 0.481 e. The predicted molar refractivity (Wildman–Crippen MR) is 66.8 cm³/mol. The minimum Gasteiger partial charge on any atom is -0.481 e. The zero-order valence-corrected chi connectivity index (χ0v) is 10.8. The number of carboxylic acids is 1. The Morgan fingerprint density at radius 2 is 1.89 bits per heavy atom. The van der Waals surface area contributed by atoms with Gasteiger partial charge in [0.05, 0.1) is 17.7 Å². The minimum atomic E-state index is -0.969. The average Bonchev–Trinajstić information content (AvgIpc) is 2.37. The van der Waals surface area contributed by atoms with Crippen molar-refractivity contribution < 1.29 is 14.7 Å². The summed E-state index contributed by atoms with van der Waals surface area (Å²) < 4.78 is 0. The molecule has 3 unspecified atom stereocenters. The van der Waals surface area contributed by atoms with E-state index in [9.17, 15) is 9.59 Å². The van der Waals surface area contributed by atoms with Gasteiger partial charge in [-0.15, -0.1) is 0 Å². The number of carbonyl (C=O) groups is 2. The fourth-order valence-corrected chi connectivity index (χ4v) is 1.49. The van der Waals surface area contributed by atoms with E-state index in [2.05, 4.69) is 10.3 Å².